The zero-order valence-electron chi connectivity index (χ0n) is 16.9. The highest BCUT2D eigenvalue weighted by molar-refractivity contribution is 7.12. The molecule has 1 N–H and O–H groups in total. The van der Waals surface area contributed by atoms with Crippen molar-refractivity contribution in [2.24, 2.45) is 0 Å². The molecule has 0 radical (unpaired) electrons. The van der Waals surface area contributed by atoms with Gasteiger partial charge in [-0.15, -0.1) is 11.3 Å². The Morgan fingerprint density at radius 2 is 1.79 bits per heavy atom. The molecule has 3 aromatic rings. The second-order valence-electron chi connectivity index (χ2n) is 7.05. The zero-order chi connectivity index (χ0) is 20.6. The van der Waals surface area contributed by atoms with Crippen molar-refractivity contribution in [2.45, 2.75) is 33.2 Å². The van der Waals surface area contributed by atoms with Crippen LogP contribution in [0.25, 0.3) is 0 Å². The van der Waals surface area contributed by atoms with E-state index in [-0.39, 0.29) is 11.8 Å². The van der Waals surface area contributed by atoms with E-state index in [9.17, 15) is 9.59 Å². The molecule has 0 bridgehead atoms. The van der Waals surface area contributed by atoms with Crippen molar-refractivity contribution in [3.63, 3.8) is 0 Å². The maximum Gasteiger partial charge on any atom is 0.268 e. The molecule has 0 aliphatic heterocycles. The van der Waals surface area contributed by atoms with Crippen molar-refractivity contribution in [3.05, 3.63) is 87.6 Å². The predicted molar refractivity (Wildman–Crippen MR) is 119 cm³/mol. The van der Waals surface area contributed by atoms with Crippen LogP contribution in [0.4, 0.5) is 5.69 Å². The Kier molecular flexibility index (Phi) is 7.19. The van der Waals surface area contributed by atoms with E-state index in [2.05, 4.69) is 11.4 Å². The van der Waals surface area contributed by atoms with Crippen LogP contribution in [0, 0.1) is 6.92 Å². The Hall–Kier alpha value is -2.92. The molecule has 0 atom stereocenters. The summed E-state index contributed by atoms with van der Waals surface area (Å²) in [5.74, 6) is 0.000763. The third-order valence-electron chi connectivity index (χ3n) is 4.59. The zero-order valence-corrected chi connectivity index (χ0v) is 17.7. The lowest BCUT2D eigenvalue weighted by Crippen LogP contribution is -2.30. The smallest absolute Gasteiger partial charge is 0.268 e. The number of carbonyl (C=O) groups is 2. The molecule has 0 spiro atoms. The summed E-state index contributed by atoms with van der Waals surface area (Å²) in [4.78, 5) is 27.6. The quantitative estimate of drug-likeness (QED) is 0.574. The summed E-state index contributed by atoms with van der Waals surface area (Å²) in [6.45, 7) is 5.26. The summed E-state index contributed by atoms with van der Waals surface area (Å²) in [6.07, 6.45) is 1.26. The molecule has 0 fully saturated rings. The van der Waals surface area contributed by atoms with Crippen LogP contribution in [0.15, 0.2) is 66.0 Å². The van der Waals surface area contributed by atoms with Gasteiger partial charge in [-0.1, -0.05) is 55.0 Å². The number of hydrogen-bond donors (Lipinski definition) is 1. The molecule has 5 heteroatoms. The summed E-state index contributed by atoms with van der Waals surface area (Å²) in [7, 11) is 0. The molecular weight excluding hydrogens is 380 g/mol. The first kappa shape index (κ1) is 20.8. The third-order valence-corrected chi connectivity index (χ3v) is 5.44. The average molecular weight is 407 g/mol. The largest absolute Gasteiger partial charge is 0.356 e. The average Bonchev–Trinajstić information content (AvgIpc) is 3.26. The van der Waals surface area contributed by atoms with Crippen LogP contribution >= 0.6 is 11.3 Å². The lowest BCUT2D eigenvalue weighted by Gasteiger charge is -2.23. The predicted octanol–water partition coefficient (Wildman–Crippen LogP) is 4.97. The standard InChI is InChI=1S/C24H26N2O2S/c1-3-13-25-23(27)16-19-9-11-21(12-10-19)26(24(28)22-8-5-14-29-22)17-20-7-4-6-18(2)15-20/h4-12,14-15H,3,13,16-17H2,1-2H3,(H,25,27). The molecule has 2 aromatic carbocycles. The Morgan fingerprint density at radius 3 is 2.45 bits per heavy atom. The highest BCUT2D eigenvalue weighted by Gasteiger charge is 2.19. The van der Waals surface area contributed by atoms with Gasteiger partial charge in [0.2, 0.25) is 5.91 Å². The lowest BCUT2D eigenvalue weighted by molar-refractivity contribution is -0.120. The van der Waals surface area contributed by atoms with Gasteiger partial charge in [0.15, 0.2) is 0 Å². The number of nitrogens with zero attached hydrogens (tertiary/aromatic N) is 1. The van der Waals surface area contributed by atoms with Gasteiger partial charge in [0.1, 0.15) is 0 Å². The fourth-order valence-corrected chi connectivity index (χ4v) is 3.78. The summed E-state index contributed by atoms with van der Waals surface area (Å²) in [5, 5.41) is 4.80. The fourth-order valence-electron chi connectivity index (χ4n) is 3.11. The lowest BCUT2D eigenvalue weighted by atomic mass is 10.1. The highest BCUT2D eigenvalue weighted by Crippen LogP contribution is 2.23. The molecule has 3 rings (SSSR count). The topological polar surface area (TPSA) is 49.4 Å². The molecule has 0 unspecified atom stereocenters. The van der Waals surface area contributed by atoms with Crippen molar-refractivity contribution in [3.8, 4) is 0 Å². The SMILES string of the molecule is CCCNC(=O)Cc1ccc(N(Cc2cccc(C)c2)C(=O)c2cccs2)cc1. The maximum absolute atomic E-state index is 13.1. The third kappa shape index (κ3) is 5.78. The van der Waals surface area contributed by atoms with E-state index < -0.39 is 0 Å². The number of amides is 2. The van der Waals surface area contributed by atoms with Crippen LogP contribution in [0.1, 0.15) is 39.7 Å². The number of anilines is 1. The van der Waals surface area contributed by atoms with E-state index in [1.807, 2.05) is 73.8 Å². The summed E-state index contributed by atoms with van der Waals surface area (Å²) >= 11 is 1.44. The van der Waals surface area contributed by atoms with E-state index in [4.69, 9.17) is 0 Å². The van der Waals surface area contributed by atoms with Crippen LogP contribution < -0.4 is 10.2 Å². The monoisotopic (exact) mass is 406 g/mol. The molecule has 1 aromatic heterocycles. The summed E-state index contributed by atoms with van der Waals surface area (Å²) < 4.78 is 0. The van der Waals surface area contributed by atoms with E-state index in [1.165, 1.54) is 16.9 Å². The van der Waals surface area contributed by atoms with Crippen molar-refractivity contribution >= 4 is 28.8 Å². The van der Waals surface area contributed by atoms with Crippen LogP contribution in [-0.2, 0) is 17.8 Å². The van der Waals surface area contributed by atoms with Gasteiger partial charge in [-0.2, -0.15) is 0 Å². The van der Waals surface area contributed by atoms with Gasteiger partial charge in [0, 0.05) is 12.2 Å². The molecule has 29 heavy (non-hydrogen) atoms. The first-order valence-electron chi connectivity index (χ1n) is 9.83. The molecule has 1 heterocycles. The normalized spacial score (nSPS) is 10.6. The molecule has 4 nitrogen and oxygen atoms in total. The van der Waals surface area contributed by atoms with Gasteiger partial charge >= 0.3 is 0 Å². The first-order valence-corrected chi connectivity index (χ1v) is 10.7. The molecule has 0 saturated carbocycles. The van der Waals surface area contributed by atoms with Crippen LogP contribution in [0.3, 0.4) is 0 Å². The van der Waals surface area contributed by atoms with Gasteiger partial charge < -0.3 is 10.2 Å². The minimum absolute atomic E-state index is 0.0186. The molecule has 150 valence electrons. The fraction of sp³-hybridized carbons (Fsp3) is 0.250. The van der Waals surface area contributed by atoms with E-state index in [0.717, 1.165) is 23.2 Å². The van der Waals surface area contributed by atoms with Crippen LogP contribution in [-0.4, -0.2) is 18.4 Å². The number of aryl methyl sites for hydroxylation is 1. The number of rotatable bonds is 8. The Morgan fingerprint density at radius 1 is 1.00 bits per heavy atom. The Labute approximate surface area is 176 Å². The minimum atomic E-state index is -0.0186. The van der Waals surface area contributed by atoms with Gasteiger partial charge in [-0.3, -0.25) is 9.59 Å². The summed E-state index contributed by atoms with van der Waals surface area (Å²) in [5.41, 5.74) is 4.00. The maximum atomic E-state index is 13.1. The number of carbonyl (C=O) groups excluding carboxylic acids is 2. The molecule has 0 aliphatic rings. The van der Waals surface area contributed by atoms with Gasteiger partial charge in [-0.25, -0.2) is 0 Å². The van der Waals surface area contributed by atoms with Gasteiger partial charge in [0.25, 0.3) is 5.91 Å². The number of nitrogens with one attached hydrogen (secondary N) is 1. The van der Waals surface area contributed by atoms with Crippen molar-refractivity contribution < 1.29 is 9.59 Å². The van der Waals surface area contributed by atoms with E-state index in [1.54, 1.807) is 4.90 Å². The van der Waals surface area contributed by atoms with Crippen molar-refractivity contribution in [1.29, 1.82) is 0 Å². The van der Waals surface area contributed by atoms with Gasteiger partial charge in [-0.05, 0) is 48.1 Å². The molecular formula is C24H26N2O2S. The molecule has 0 aliphatic carbocycles. The number of thiophene rings is 1. The molecule has 0 saturated heterocycles. The molecule has 2 amide bonds. The minimum Gasteiger partial charge on any atom is -0.356 e. The van der Waals surface area contributed by atoms with Gasteiger partial charge in [0.05, 0.1) is 17.8 Å². The van der Waals surface area contributed by atoms with E-state index >= 15 is 0 Å². The van der Waals surface area contributed by atoms with Crippen molar-refractivity contribution in [2.75, 3.05) is 11.4 Å². The number of hydrogen-bond acceptors (Lipinski definition) is 3. The van der Waals surface area contributed by atoms with E-state index in [0.29, 0.717) is 24.4 Å². The Bertz CT molecular complexity index is 949. The Balaban J connectivity index is 1.81. The summed E-state index contributed by atoms with van der Waals surface area (Å²) in [6, 6.07) is 19.6. The first-order chi connectivity index (χ1) is 14.1. The van der Waals surface area contributed by atoms with Crippen molar-refractivity contribution in [1.82, 2.24) is 5.32 Å². The van der Waals surface area contributed by atoms with Crippen LogP contribution in [0.2, 0.25) is 0 Å². The second kappa shape index (κ2) is 10.0. The highest BCUT2D eigenvalue weighted by atomic mass is 32.1. The number of benzene rings is 2. The van der Waals surface area contributed by atoms with Crippen LogP contribution in [0.5, 0.6) is 0 Å². The second-order valence-corrected chi connectivity index (χ2v) is 8.00.